The SMILES string of the molecule is COc1ccc(C(=O)NC(CO)c2ccc(C(=O)Nc3ccccc3NC(=O)O)cc2)cc1OC. The highest BCUT2D eigenvalue weighted by atomic mass is 16.5. The third-order valence-corrected chi connectivity index (χ3v) is 5.13. The van der Waals surface area contributed by atoms with Crippen molar-refractivity contribution >= 4 is 29.3 Å². The zero-order valence-corrected chi connectivity index (χ0v) is 19.1. The maximum Gasteiger partial charge on any atom is 0.409 e. The van der Waals surface area contributed by atoms with Crippen molar-refractivity contribution in [2.45, 2.75) is 6.04 Å². The van der Waals surface area contributed by atoms with E-state index >= 15 is 0 Å². The van der Waals surface area contributed by atoms with Crippen LogP contribution in [0.3, 0.4) is 0 Å². The Morgan fingerprint density at radius 3 is 1.97 bits per heavy atom. The molecule has 3 aromatic carbocycles. The van der Waals surface area contributed by atoms with E-state index < -0.39 is 23.9 Å². The summed E-state index contributed by atoms with van der Waals surface area (Å²) in [6, 6.07) is 16.7. The van der Waals surface area contributed by atoms with E-state index in [1.807, 2.05) is 0 Å². The van der Waals surface area contributed by atoms with Crippen LogP contribution in [0.2, 0.25) is 0 Å². The molecule has 0 aliphatic heterocycles. The monoisotopic (exact) mass is 479 g/mol. The molecule has 3 aromatic rings. The number of nitrogens with one attached hydrogen (secondary N) is 3. The molecule has 0 saturated carbocycles. The summed E-state index contributed by atoms with van der Waals surface area (Å²) in [5.74, 6) is 0.00893. The lowest BCUT2D eigenvalue weighted by Crippen LogP contribution is -2.30. The van der Waals surface area contributed by atoms with Gasteiger partial charge in [-0.3, -0.25) is 14.9 Å². The van der Waals surface area contributed by atoms with E-state index in [9.17, 15) is 19.5 Å². The summed E-state index contributed by atoms with van der Waals surface area (Å²) in [4.78, 5) is 36.3. The van der Waals surface area contributed by atoms with Gasteiger partial charge in [-0.05, 0) is 48.0 Å². The third-order valence-electron chi connectivity index (χ3n) is 5.13. The highest BCUT2D eigenvalue weighted by molar-refractivity contribution is 6.06. The molecule has 0 saturated heterocycles. The Kier molecular flexibility index (Phi) is 8.25. The zero-order valence-electron chi connectivity index (χ0n) is 19.1. The van der Waals surface area contributed by atoms with Crippen molar-refractivity contribution in [3.63, 3.8) is 0 Å². The molecule has 1 unspecified atom stereocenters. The number of hydrogen-bond donors (Lipinski definition) is 5. The molecule has 0 aliphatic rings. The van der Waals surface area contributed by atoms with Crippen molar-refractivity contribution < 1.29 is 34.1 Å². The molecule has 10 nitrogen and oxygen atoms in total. The van der Waals surface area contributed by atoms with Crippen molar-refractivity contribution in [2.75, 3.05) is 31.5 Å². The number of aliphatic hydroxyl groups excluding tert-OH is 1. The number of benzene rings is 3. The lowest BCUT2D eigenvalue weighted by atomic mass is 10.0. The average molecular weight is 479 g/mol. The van der Waals surface area contributed by atoms with Crippen molar-refractivity contribution in [1.29, 1.82) is 0 Å². The molecule has 3 amide bonds. The van der Waals surface area contributed by atoms with E-state index in [0.29, 0.717) is 33.9 Å². The second-order valence-electron chi connectivity index (χ2n) is 7.33. The van der Waals surface area contributed by atoms with Crippen LogP contribution in [-0.2, 0) is 0 Å². The van der Waals surface area contributed by atoms with E-state index in [1.165, 1.54) is 26.4 Å². The van der Waals surface area contributed by atoms with Gasteiger partial charge < -0.3 is 30.3 Å². The smallest absolute Gasteiger partial charge is 0.409 e. The molecule has 35 heavy (non-hydrogen) atoms. The molecule has 3 rings (SSSR count). The Labute approximate surface area is 201 Å². The molecule has 0 aromatic heterocycles. The number of methoxy groups -OCH3 is 2. The lowest BCUT2D eigenvalue weighted by Gasteiger charge is -2.18. The summed E-state index contributed by atoms with van der Waals surface area (Å²) in [5, 5.41) is 26.4. The van der Waals surface area contributed by atoms with Crippen molar-refractivity contribution in [2.24, 2.45) is 0 Å². The van der Waals surface area contributed by atoms with Crippen molar-refractivity contribution in [1.82, 2.24) is 5.32 Å². The molecule has 0 heterocycles. The van der Waals surface area contributed by atoms with Gasteiger partial charge in [0, 0.05) is 11.1 Å². The minimum absolute atomic E-state index is 0.239. The Morgan fingerprint density at radius 2 is 1.40 bits per heavy atom. The van der Waals surface area contributed by atoms with Gasteiger partial charge >= 0.3 is 6.09 Å². The number of ether oxygens (including phenoxy) is 2. The van der Waals surface area contributed by atoms with Gasteiger partial charge in [0.2, 0.25) is 0 Å². The van der Waals surface area contributed by atoms with Gasteiger partial charge in [0.05, 0.1) is 38.2 Å². The molecule has 0 spiro atoms. The second kappa shape index (κ2) is 11.5. The number of aliphatic hydroxyl groups is 1. The van der Waals surface area contributed by atoms with Crippen LogP contribution in [0, 0.1) is 0 Å². The average Bonchev–Trinajstić information content (AvgIpc) is 2.87. The molecule has 0 bridgehead atoms. The molecule has 182 valence electrons. The van der Waals surface area contributed by atoms with E-state index in [2.05, 4.69) is 16.0 Å². The standard InChI is InChI=1S/C25H25N3O7/c1-34-21-12-11-17(13-22(21)35-2)24(31)27-20(14-29)15-7-9-16(10-8-15)23(30)26-18-5-3-4-6-19(18)28-25(32)33/h3-13,20,28-29H,14H2,1-2H3,(H,26,30)(H,27,31)(H,32,33). The largest absolute Gasteiger partial charge is 0.493 e. The van der Waals surface area contributed by atoms with Gasteiger partial charge in [-0.1, -0.05) is 24.3 Å². The first-order valence-corrected chi connectivity index (χ1v) is 10.5. The minimum Gasteiger partial charge on any atom is -0.493 e. The van der Waals surface area contributed by atoms with E-state index in [0.717, 1.165) is 0 Å². The predicted octanol–water partition coefficient (Wildman–Crippen LogP) is 3.51. The highest BCUT2D eigenvalue weighted by Gasteiger charge is 2.18. The zero-order chi connectivity index (χ0) is 25.4. The number of rotatable bonds is 9. The first kappa shape index (κ1) is 25.1. The number of para-hydroxylation sites is 2. The van der Waals surface area contributed by atoms with Crippen molar-refractivity contribution in [3.8, 4) is 11.5 Å². The van der Waals surface area contributed by atoms with Crippen molar-refractivity contribution in [3.05, 3.63) is 83.4 Å². The fraction of sp³-hybridized carbons (Fsp3) is 0.160. The maximum absolute atomic E-state index is 12.7. The summed E-state index contributed by atoms with van der Waals surface area (Å²) in [6.07, 6.45) is -1.25. The fourth-order valence-corrected chi connectivity index (χ4v) is 3.33. The number of hydrogen-bond acceptors (Lipinski definition) is 6. The second-order valence-corrected chi connectivity index (χ2v) is 7.33. The van der Waals surface area contributed by atoms with Crippen LogP contribution in [0.1, 0.15) is 32.3 Å². The Balaban J connectivity index is 1.71. The van der Waals surface area contributed by atoms with Crippen LogP contribution in [0.25, 0.3) is 0 Å². The van der Waals surface area contributed by atoms with Gasteiger partial charge in [-0.2, -0.15) is 0 Å². The normalized spacial score (nSPS) is 11.2. The van der Waals surface area contributed by atoms with Gasteiger partial charge in [0.15, 0.2) is 11.5 Å². The van der Waals surface area contributed by atoms with Crippen LogP contribution in [0.5, 0.6) is 11.5 Å². The van der Waals surface area contributed by atoms with E-state index in [-0.39, 0.29) is 12.3 Å². The summed E-state index contributed by atoms with van der Waals surface area (Å²) >= 11 is 0. The van der Waals surface area contributed by atoms with Crippen LogP contribution in [0.15, 0.2) is 66.7 Å². The number of carbonyl (C=O) groups is 3. The topological polar surface area (TPSA) is 146 Å². The molecule has 5 N–H and O–H groups in total. The van der Waals surface area contributed by atoms with Gasteiger partial charge in [-0.25, -0.2) is 4.79 Å². The van der Waals surface area contributed by atoms with Crippen LogP contribution in [0.4, 0.5) is 16.2 Å². The predicted molar refractivity (Wildman–Crippen MR) is 129 cm³/mol. The van der Waals surface area contributed by atoms with Crippen LogP contribution < -0.4 is 25.4 Å². The number of amides is 3. The third kappa shape index (κ3) is 6.27. The molecule has 0 fully saturated rings. The molecule has 10 heteroatoms. The van der Waals surface area contributed by atoms with Gasteiger partial charge in [0.25, 0.3) is 11.8 Å². The highest BCUT2D eigenvalue weighted by Crippen LogP contribution is 2.28. The molecule has 1 atom stereocenters. The molecule has 0 radical (unpaired) electrons. The molecule has 0 aliphatic carbocycles. The Hall–Kier alpha value is -4.57. The summed E-state index contributed by atoms with van der Waals surface area (Å²) in [5.41, 5.74) is 1.76. The molecular formula is C25H25N3O7. The minimum atomic E-state index is -1.25. The summed E-state index contributed by atoms with van der Waals surface area (Å²) in [6.45, 7) is -0.362. The maximum atomic E-state index is 12.7. The number of anilines is 2. The number of carboxylic acid groups (broad SMARTS) is 1. The van der Waals surface area contributed by atoms with Crippen LogP contribution >= 0.6 is 0 Å². The quantitative estimate of drug-likeness (QED) is 0.316. The van der Waals surface area contributed by atoms with E-state index in [4.69, 9.17) is 14.6 Å². The first-order valence-electron chi connectivity index (χ1n) is 10.5. The molecular weight excluding hydrogens is 454 g/mol. The lowest BCUT2D eigenvalue weighted by molar-refractivity contribution is 0.0915. The number of carbonyl (C=O) groups excluding carboxylic acids is 2. The van der Waals surface area contributed by atoms with E-state index in [1.54, 1.807) is 54.6 Å². The Bertz CT molecular complexity index is 1210. The van der Waals surface area contributed by atoms with Gasteiger partial charge in [0.1, 0.15) is 0 Å². The fourth-order valence-electron chi connectivity index (χ4n) is 3.33. The Morgan fingerprint density at radius 1 is 0.800 bits per heavy atom. The summed E-state index contributed by atoms with van der Waals surface area (Å²) < 4.78 is 10.4. The first-order chi connectivity index (χ1) is 16.9. The van der Waals surface area contributed by atoms with Gasteiger partial charge in [-0.15, -0.1) is 0 Å². The summed E-state index contributed by atoms with van der Waals surface area (Å²) in [7, 11) is 2.96. The van der Waals surface area contributed by atoms with Crippen LogP contribution in [-0.4, -0.2) is 48.9 Å².